The SMILES string of the molecule is Cc1ccc(C(CNC(=O)c2cc(=O)c3cc(Cl)ccc3o2)N(C)C)cc1. The minimum absolute atomic E-state index is 0.000495. The summed E-state index contributed by atoms with van der Waals surface area (Å²) in [4.78, 5) is 26.8. The Morgan fingerprint density at radius 3 is 2.52 bits per heavy atom. The maximum absolute atomic E-state index is 12.5. The number of benzene rings is 2. The van der Waals surface area contributed by atoms with Gasteiger partial charge in [-0.1, -0.05) is 41.4 Å². The smallest absolute Gasteiger partial charge is 0.287 e. The second-order valence-corrected chi connectivity index (χ2v) is 7.15. The molecule has 0 aliphatic carbocycles. The summed E-state index contributed by atoms with van der Waals surface area (Å²) in [6.07, 6.45) is 0. The Bertz CT molecular complexity index is 1030. The van der Waals surface area contributed by atoms with Gasteiger partial charge in [0, 0.05) is 17.6 Å². The van der Waals surface area contributed by atoms with E-state index in [0.29, 0.717) is 22.5 Å². The van der Waals surface area contributed by atoms with Gasteiger partial charge in [-0.25, -0.2) is 0 Å². The molecule has 0 saturated heterocycles. The number of carbonyl (C=O) groups is 1. The third-order valence-corrected chi connectivity index (χ3v) is 4.69. The van der Waals surface area contributed by atoms with Crippen LogP contribution in [0.1, 0.15) is 27.7 Å². The van der Waals surface area contributed by atoms with Crippen molar-refractivity contribution in [2.45, 2.75) is 13.0 Å². The number of carbonyl (C=O) groups excluding carboxylic acids is 1. The van der Waals surface area contributed by atoms with Gasteiger partial charge in [0.05, 0.1) is 11.4 Å². The van der Waals surface area contributed by atoms with Gasteiger partial charge in [-0.05, 0) is 44.8 Å². The van der Waals surface area contributed by atoms with Crippen molar-refractivity contribution in [3.8, 4) is 0 Å². The molecule has 0 saturated carbocycles. The Hall–Kier alpha value is -2.63. The summed E-state index contributed by atoms with van der Waals surface area (Å²) >= 11 is 5.91. The van der Waals surface area contributed by atoms with E-state index in [-0.39, 0.29) is 17.2 Å². The number of likely N-dealkylation sites (N-methyl/N-ethyl adjacent to an activating group) is 1. The quantitative estimate of drug-likeness (QED) is 0.727. The third kappa shape index (κ3) is 4.38. The zero-order valence-electron chi connectivity index (χ0n) is 15.5. The third-order valence-electron chi connectivity index (χ3n) is 4.45. The van der Waals surface area contributed by atoms with Crippen molar-refractivity contribution >= 4 is 28.5 Å². The molecule has 1 heterocycles. The highest BCUT2D eigenvalue weighted by Gasteiger charge is 2.18. The van der Waals surface area contributed by atoms with Gasteiger partial charge in [0.25, 0.3) is 5.91 Å². The summed E-state index contributed by atoms with van der Waals surface area (Å²) in [6, 6.07) is 14.1. The molecule has 140 valence electrons. The van der Waals surface area contributed by atoms with Gasteiger partial charge in [0.1, 0.15) is 5.58 Å². The molecule has 1 aromatic heterocycles. The first-order chi connectivity index (χ1) is 12.8. The number of hydrogen-bond acceptors (Lipinski definition) is 4. The van der Waals surface area contributed by atoms with Crippen LogP contribution in [0.3, 0.4) is 0 Å². The van der Waals surface area contributed by atoms with Gasteiger partial charge < -0.3 is 14.6 Å². The molecule has 27 heavy (non-hydrogen) atoms. The van der Waals surface area contributed by atoms with Gasteiger partial charge in [-0.3, -0.25) is 9.59 Å². The number of fused-ring (bicyclic) bond motifs is 1. The zero-order valence-corrected chi connectivity index (χ0v) is 16.2. The summed E-state index contributed by atoms with van der Waals surface area (Å²) < 4.78 is 5.59. The van der Waals surface area contributed by atoms with E-state index in [1.54, 1.807) is 12.1 Å². The molecule has 0 aliphatic heterocycles. The molecule has 0 spiro atoms. The Kier molecular flexibility index (Phi) is 5.63. The van der Waals surface area contributed by atoms with Crippen LogP contribution in [-0.2, 0) is 0 Å². The largest absolute Gasteiger partial charge is 0.451 e. The Morgan fingerprint density at radius 1 is 1.15 bits per heavy atom. The fraction of sp³-hybridized carbons (Fsp3) is 0.238. The standard InChI is InChI=1S/C21H21ClN2O3/c1-13-4-6-14(7-5-13)17(24(2)3)12-23-21(26)20-11-18(25)16-10-15(22)8-9-19(16)27-20/h4-11,17H,12H2,1-3H3,(H,23,26). The molecule has 3 aromatic rings. The summed E-state index contributed by atoms with van der Waals surface area (Å²) in [7, 11) is 3.91. The second kappa shape index (κ2) is 7.94. The molecule has 0 aliphatic rings. The average molecular weight is 385 g/mol. The van der Waals surface area contributed by atoms with Crippen LogP contribution in [0.25, 0.3) is 11.0 Å². The first-order valence-electron chi connectivity index (χ1n) is 8.60. The van der Waals surface area contributed by atoms with Crippen LogP contribution in [-0.4, -0.2) is 31.4 Å². The lowest BCUT2D eigenvalue weighted by Gasteiger charge is -2.25. The van der Waals surface area contributed by atoms with E-state index < -0.39 is 5.91 Å². The minimum Gasteiger partial charge on any atom is -0.451 e. The number of halogens is 1. The van der Waals surface area contributed by atoms with Crippen LogP contribution in [0.5, 0.6) is 0 Å². The molecule has 1 atom stereocenters. The molecule has 0 fully saturated rings. The van der Waals surface area contributed by atoms with Crippen LogP contribution in [0.4, 0.5) is 0 Å². The van der Waals surface area contributed by atoms with Crippen molar-refractivity contribution in [2.24, 2.45) is 0 Å². The predicted octanol–water partition coefficient (Wildman–Crippen LogP) is 3.79. The van der Waals surface area contributed by atoms with Crippen molar-refractivity contribution in [2.75, 3.05) is 20.6 Å². The van der Waals surface area contributed by atoms with Gasteiger partial charge >= 0.3 is 0 Å². The lowest BCUT2D eigenvalue weighted by atomic mass is 10.0. The monoisotopic (exact) mass is 384 g/mol. The van der Waals surface area contributed by atoms with E-state index >= 15 is 0 Å². The number of amides is 1. The molecule has 1 unspecified atom stereocenters. The number of hydrogen-bond donors (Lipinski definition) is 1. The molecule has 3 rings (SSSR count). The van der Waals surface area contributed by atoms with Gasteiger partial charge in [-0.2, -0.15) is 0 Å². The van der Waals surface area contributed by atoms with Crippen LogP contribution < -0.4 is 10.7 Å². The fourth-order valence-corrected chi connectivity index (χ4v) is 3.08. The normalized spacial score (nSPS) is 12.3. The number of aryl methyl sites for hydroxylation is 1. The highest BCUT2D eigenvalue weighted by Crippen LogP contribution is 2.19. The van der Waals surface area contributed by atoms with E-state index in [1.165, 1.54) is 17.7 Å². The maximum atomic E-state index is 12.5. The van der Waals surface area contributed by atoms with Gasteiger partial charge in [0.15, 0.2) is 11.2 Å². The van der Waals surface area contributed by atoms with Crippen molar-refractivity contribution in [3.05, 3.63) is 80.7 Å². The lowest BCUT2D eigenvalue weighted by molar-refractivity contribution is 0.0914. The number of nitrogens with zero attached hydrogens (tertiary/aromatic N) is 1. The molecular weight excluding hydrogens is 364 g/mol. The first kappa shape index (κ1) is 19.1. The number of nitrogens with one attached hydrogen (secondary N) is 1. The highest BCUT2D eigenvalue weighted by atomic mass is 35.5. The highest BCUT2D eigenvalue weighted by molar-refractivity contribution is 6.31. The van der Waals surface area contributed by atoms with E-state index in [4.69, 9.17) is 16.0 Å². The van der Waals surface area contributed by atoms with Gasteiger partial charge in [0.2, 0.25) is 0 Å². The average Bonchev–Trinajstić information content (AvgIpc) is 2.63. The summed E-state index contributed by atoms with van der Waals surface area (Å²) in [5.41, 5.74) is 2.31. The van der Waals surface area contributed by atoms with Crippen LogP contribution >= 0.6 is 11.6 Å². The lowest BCUT2D eigenvalue weighted by Crippen LogP contribution is -2.34. The van der Waals surface area contributed by atoms with Crippen LogP contribution in [0, 0.1) is 6.92 Å². The van der Waals surface area contributed by atoms with Crippen molar-refractivity contribution < 1.29 is 9.21 Å². The van der Waals surface area contributed by atoms with Crippen LogP contribution in [0.2, 0.25) is 5.02 Å². The van der Waals surface area contributed by atoms with E-state index in [2.05, 4.69) is 5.32 Å². The molecule has 2 aromatic carbocycles. The molecule has 1 amide bonds. The molecule has 0 radical (unpaired) electrons. The van der Waals surface area contributed by atoms with Crippen molar-refractivity contribution in [1.82, 2.24) is 10.2 Å². The predicted molar refractivity (Wildman–Crippen MR) is 107 cm³/mol. The fourth-order valence-electron chi connectivity index (χ4n) is 2.90. The molecule has 0 bridgehead atoms. The minimum atomic E-state index is -0.428. The Morgan fingerprint density at radius 2 is 1.85 bits per heavy atom. The van der Waals surface area contributed by atoms with Crippen molar-refractivity contribution in [3.63, 3.8) is 0 Å². The van der Waals surface area contributed by atoms with Crippen molar-refractivity contribution in [1.29, 1.82) is 0 Å². The number of rotatable bonds is 5. The Labute approximate surface area is 162 Å². The van der Waals surface area contributed by atoms with Gasteiger partial charge in [-0.15, -0.1) is 0 Å². The summed E-state index contributed by atoms with van der Waals surface area (Å²) in [5.74, 6) is -0.445. The zero-order chi connectivity index (χ0) is 19.6. The Balaban J connectivity index is 1.80. The second-order valence-electron chi connectivity index (χ2n) is 6.72. The maximum Gasteiger partial charge on any atom is 0.287 e. The molecule has 6 heteroatoms. The molecule has 5 nitrogen and oxygen atoms in total. The molecular formula is C21H21ClN2O3. The van der Waals surface area contributed by atoms with E-state index in [0.717, 1.165) is 5.56 Å². The van der Waals surface area contributed by atoms with E-state index in [9.17, 15) is 9.59 Å². The van der Waals surface area contributed by atoms with Crippen LogP contribution in [0.15, 0.2) is 57.7 Å². The topological polar surface area (TPSA) is 62.6 Å². The molecule has 1 N–H and O–H groups in total. The summed E-state index contributed by atoms with van der Waals surface area (Å²) in [5, 5.41) is 3.65. The van der Waals surface area contributed by atoms with E-state index in [1.807, 2.05) is 50.2 Å². The first-order valence-corrected chi connectivity index (χ1v) is 8.97. The summed E-state index contributed by atoms with van der Waals surface area (Å²) in [6.45, 7) is 2.42.